The number of carbonyl (C=O) groups excluding carboxylic acids is 2. The molecule has 2 heterocycles. The number of methoxy groups -OCH3 is 1. The summed E-state index contributed by atoms with van der Waals surface area (Å²) in [5, 5.41) is 1.04. The molecule has 0 amide bonds. The first-order valence-corrected chi connectivity index (χ1v) is 8.39. The molecule has 2 aromatic carbocycles. The Morgan fingerprint density at radius 2 is 2.04 bits per heavy atom. The van der Waals surface area contributed by atoms with Crippen molar-refractivity contribution in [2.24, 2.45) is 7.05 Å². The number of fused-ring (bicyclic) bond motifs is 2. The Morgan fingerprint density at radius 3 is 2.85 bits per heavy atom. The standard InChI is InChI=1S/C21H17NO5/c1-22-11-13(15-5-3-4-6-17(15)22)9-19-21(24)16-8-7-14(10-18(16)27-19)26-12-20(23)25-2/h3-11H,12H2,1-2H3/b19-9-. The van der Waals surface area contributed by atoms with Crippen molar-refractivity contribution < 1.29 is 23.8 Å². The Balaban J connectivity index is 1.63. The van der Waals surface area contributed by atoms with Gasteiger partial charge in [0.15, 0.2) is 12.4 Å². The van der Waals surface area contributed by atoms with Gasteiger partial charge in [0.1, 0.15) is 11.5 Å². The van der Waals surface area contributed by atoms with Gasteiger partial charge in [0.05, 0.1) is 12.7 Å². The highest BCUT2D eigenvalue weighted by Crippen LogP contribution is 2.35. The number of carbonyl (C=O) groups is 2. The lowest BCUT2D eigenvalue weighted by atomic mass is 10.1. The number of hydrogen-bond donors (Lipinski definition) is 0. The molecule has 3 aromatic rings. The third-order valence-corrected chi connectivity index (χ3v) is 4.44. The first-order chi connectivity index (χ1) is 13.1. The van der Waals surface area contributed by atoms with Crippen LogP contribution in [0.3, 0.4) is 0 Å². The molecule has 6 heteroatoms. The van der Waals surface area contributed by atoms with Crippen LogP contribution in [0.4, 0.5) is 0 Å². The highest BCUT2D eigenvalue weighted by molar-refractivity contribution is 6.15. The molecular formula is C21H17NO5. The fourth-order valence-electron chi connectivity index (χ4n) is 3.09. The molecule has 0 N–H and O–H groups in total. The number of rotatable bonds is 4. The maximum Gasteiger partial charge on any atom is 0.343 e. The summed E-state index contributed by atoms with van der Waals surface area (Å²) in [6.07, 6.45) is 3.71. The molecule has 0 radical (unpaired) electrons. The topological polar surface area (TPSA) is 66.8 Å². The van der Waals surface area contributed by atoms with Crippen molar-refractivity contribution in [1.29, 1.82) is 0 Å². The molecule has 136 valence electrons. The number of para-hydroxylation sites is 1. The first-order valence-electron chi connectivity index (χ1n) is 8.39. The van der Waals surface area contributed by atoms with E-state index in [4.69, 9.17) is 9.47 Å². The fourth-order valence-corrected chi connectivity index (χ4v) is 3.09. The van der Waals surface area contributed by atoms with Gasteiger partial charge in [-0.2, -0.15) is 0 Å². The van der Waals surface area contributed by atoms with Gasteiger partial charge in [-0.1, -0.05) is 18.2 Å². The number of ketones is 1. The number of aryl methyl sites for hydroxylation is 1. The van der Waals surface area contributed by atoms with Crippen molar-refractivity contribution >= 4 is 28.7 Å². The third-order valence-electron chi connectivity index (χ3n) is 4.44. The number of nitrogens with zero attached hydrogens (tertiary/aromatic N) is 1. The zero-order valence-corrected chi connectivity index (χ0v) is 14.9. The van der Waals surface area contributed by atoms with Crippen LogP contribution in [-0.4, -0.2) is 30.0 Å². The van der Waals surface area contributed by atoms with E-state index in [2.05, 4.69) is 4.74 Å². The predicted octanol–water partition coefficient (Wildman–Crippen LogP) is 3.35. The molecule has 0 saturated heterocycles. The smallest absolute Gasteiger partial charge is 0.343 e. The van der Waals surface area contributed by atoms with Crippen LogP contribution in [0.5, 0.6) is 11.5 Å². The van der Waals surface area contributed by atoms with E-state index in [1.807, 2.05) is 42.1 Å². The predicted molar refractivity (Wildman–Crippen MR) is 99.8 cm³/mol. The average Bonchev–Trinajstić information content (AvgIpc) is 3.17. The van der Waals surface area contributed by atoms with E-state index in [-0.39, 0.29) is 18.1 Å². The molecule has 1 aliphatic rings. The van der Waals surface area contributed by atoms with Crippen LogP contribution < -0.4 is 9.47 Å². The summed E-state index contributed by atoms with van der Waals surface area (Å²) in [5.41, 5.74) is 2.45. The van der Waals surface area contributed by atoms with Crippen LogP contribution >= 0.6 is 0 Å². The molecule has 0 bridgehead atoms. The SMILES string of the molecule is COC(=O)COc1ccc2c(c1)O/C(=C\c1cn(C)c3ccccc13)C2=O. The molecular weight excluding hydrogens is 346 g/mol. The Labute approximate surface area is 155 Å². The van der Waals surface area contributed by atoms with Gasteiger partial charge in [-0.05, 0) is 24.3 Å². The van der Waals surface area contributed by atoms with E-state index >= 15 is 0 Å². The minimum absolute atomic E-state index is 0.183. The highest BCUT2D eigenvalue weighted by Gasteiger charge is 2.28. The Morgan fingerprint density at radius 1 is 1.22 bits per heavy atom. The summed E-state index contributed by atoms with van der Waals surface area (Å²) >= 11 is 0. The first kappa shape index (κ1) is 16.9. The van der Waals surface area contributed by atoms with Crippen molar-refractivity contribution in [3.63, 3.8) is 0 Å². The minimum atomic E-state index is -0.482. The molecule has 1 aliphatic heterocycles. The largest absolute Gasteiger partial charge is 0.482 e. The second-order valence-electron chi connectivity index (χ2n) is 6.18. The van der Waals surface area contributed by atoms with Crippen molar-refractivity contribution in [1.82, 2.24) is 4.57 Å². The van der Waals surface area contributed by atoms with Gasteiger partial charge in [0, 0.05) is 35.8 Å². The normalized spacial score (nSPS) is 14.3. The van der Waals surface area contributed by atoms with Crippen LogP contribution in [-0.2, 0) is 16.6 Å². The molecule has 0 spiro atoms. The van der Waals surface area contributed by atoms with E-state index in [0.717, 1.165) is 16.5 Å². The van der Waals surface area contributed by atoms with E-state index in [9.17, 15) is 9.59 Å². The monoisotopic (exact) mass is 363 g/mol. The Kier molecular flexibility index (Phi) is 4.16. The van der Waals surface area contributed by atoms with Crippen LogP contribution in [0.15, 0.2) is 54.4 Å². The van der Waals surface area contributed by atoms with Gasteiger partial charge in [-0.15, -0.1) is 0 Å². The van der Waals surface area contributed by atoms with Gasteiger partial charge in [0.2, 0.25) is 5.78 Å². The Hall–Kier alpha value is -3.54. The third kappa shape index (κ3) is 3.06. The number of ether oxygens (including phenoxy) is 3. The number of esters is 1. The minimum Gasteiger partial charge on any atom is -0.482 e. The zero-order chi connectivity index (χ0) is 19.0. The Bertz CT molecular complexity index is 1090. The van der Waals surface area contributed by atoms with Crippen molar-refractivity contribution in [2.45, 2.75) is 0 Å². The molecule has 0 aliphatic carbocycles. The number of aromatic nitrogens is 1. The van der Waals surface area contributed by atoms with Crippen molar-refractivity contribution in [3.05, 3.63) is 65.5 Å². The quantitative estimate of drug-likeness (QED) is 0.525. The van der Waals surface area contributed by atoms with Crippen LogP contribution in [0.25, 0.3) is 17.0 Å². The van der Waals surface area contributed by atoms with E-state index in [1.54, 1.807) is 24.3 Å². The number of benzene rings is 2. The second-order valence-corrected chi connectivity index (χ2v) is 6.18. The second kappa shape index (κ2) is 6.64. The number of hydrogen-bond acceptors (Lipinski definition) is 5. The van der Waals surface area contributed by atoms with Crippen molar-refractivity contribution in [3.8, 4) is 11.5 Å². The van der Waals surface area contributed by atoms with Crippen LogP contribution in [0.1, 0.15) is 15.9 Å². The van der Waals surface area contributed by atoms with Gasteiger partial charge in [-0.3, -0.25) is 4.79 Å². The molecule has 0 saturated carbocycles. The maximum atomic E-state index is 12.7. The molecule has 0 fully saturated rings. The van der Waals surface area contributed by atoms with Crippen LogP contribution in [0.2, 0.25) is 0 Å². The highest BCUT2D eigenvalue weighted by atomic mass is 16.6. The van der Waals surface area contributed by atoms with Crippen LogP contribution in [0, 0.1) is 0 Å². The summed E-state index contributed by atoms with van der Waals surface area (Å²) < 4.78 is 17.7. The lowest BCUT2D eigenvalue weighted by molar-refractivity contribution is -0.142. The van der Waals surface area contributed by atoms with E-state index < -0.39 is 5.97 Å². The molecule has 0 unspecified atom stereocenters. The lowest BCUT2D eigenvalue weighted by Crippen LogP contribution is -2.12. The van der Waals surface area contributed by atoms with Gasteiger partial charge >= 0.3 is 5.97 Å². The average molecular weight is 363 g/mol. The number of allylic oxidation sites excluding steroid dienone is 1. The molecule has 4 rings (SSSR count). The summed E-state index contributed by atoms with van der Waals surface area (Å²) in [6.45, 7) is -0.206. The summed E-state index contributed by atoms with van der Waals surface area (Å²) in [7, 11) is 3.25. The molecule has 6 nitrogen and oxygen atoms in total. The van der Waals surface area contributed by atoms with Gasteiger partial charge < -0.3 is 18.8 Å². The summed E-state index contributed by atoms with van der Waals surface area (Å²) in [6, 6.07) is 12.8. The molecule has 0 atom stereocenters. The lowest BCUT2D eigenvalue weighted by Gasteiger charge is -2.05. The van der Waals surface area contributed by atoms with Gasteiger partial charge in [0.25, 0.3) is 0 Å². The maximum absolute atomic E-state index is 12.7. The van der Waals surface area contributed by atoms with Crippen molar-refractivity contribution in [2.75, 3.05) is 13.7 Å². The molecule has 1 aromatic heterocycles. The summed E-state index contributed by atoms with van der Waals surface area (Å²) in [4.78, 5) is 23.8. The van der Waals surface area contributed by atoms with Gasteiger partial charge in [-0.25, -0.2) is 4.79 Å². The number of Topliss-reactive ketones (excluding diaryl/α,β-unsaturated/α-hetero) is 1. The van der Waals surface area contributed by atoms with E-state index in [1.165, 1.54) is 7.11 Å². The molecule has 27 heavy (non-hydrogen) atoms. The van der Waals surface area contributed by atoms with E-state index in [0.29, 0.717) is 17.1 Å². The summed E-state index contributed by atoms with van der Waals surface area (Å²) in [5.74, 6) is 0.431. The fraction of sp³-hybridized carbons (Fsp3) is 0.143. The zero-order valence-electron chi connectivity index (χ0n) is 14.9.